The van der Waals surface area contributed by atoms with E-state index < -0.39 is 30.2 Å². The lowest BCUT2D eigenvalue weighted by atomic mass is 9.85. The van der Waals surface area contributed by atoms with Crippen LogP contribution in [-0.4, -0.2) is 65.5 Å². The highest BCUT2D eigenvalue weighted by molar-refractivity contribution is 5.80. The van der Waals surface area contributed by atoms with Crippen molar-refractivity contribution >= 4 is 12.0 Å². The van der Waals surface area contributed by atoms with Gasteiger partial charge in [-0.15, -0.1) is 0 Å². The number of carboxylic acid groups (broad SMARTS) is 1. The largest absolute Gasteiger partial charge is 0.481 e. The van der Waals surface area contributed by atoms with Gasteiger partial charge in [0.2, 0.25) is 0 Å². The van der Waals surface area contributed by atoms with Crippen LogP contribution in [0.15, 0.2) is 54.6 Å². The standard InChI is InChI=1S/C37H49FN2O7/c1-23(2)35-32(21-45-7)34(26-10-12-27(38)13-11-26)31(17-14-28(41)19-29(42)20-33(43)44)36(40-35)37(4,5)47-22-46-30-15-8-25(9-16-30)18-24(3)39-6/h8-17,23-24,28-29,39,41-42H,18-22H2,1-7H3,(H,43,44)/b17-14+/t24?,28-,29-/m1/s1. The first-order valence-corrected chi connectivity index (χ1v) is 15.9. The first kappa shape index (κ1) is 37.8. The van der Waals surface area contributed by atoms with Gasteiger partial charge in [0, 0.05) is 36.4 Å². The minimum absolute atomic E-state index is 0.0101. The van der Waals surface area contributed by atoms with Gasteiger partial charge >= 0.3 is 5.97 Å². The van der Waals surface area contributed by atoms with Crippen LogP contribution in [-0.2, 0) is 32.9 Å². The van der Waals surface area contributed by atoms with Crippen LogP contribution in [0.1, 0.15) is 81.5 Å². The Morgan fingerprint density at radius 2 is 1.72 bits per heavy atom. The van der Waals surface area contributed by atoms with E-state index in [0.717, 1.165) is 23.2 Å². The van der Waals surface area contributed by atoms with Gasteiger partial charge in [-0.25, -0.2) is 4.39 Å². The second kappa shape index (κ2) is 17.5. The third-order valence-electron chi connectivity index (χ3n) is 7.92. The Kier molecular flexibility index (Phi) is 14.0. The zero-order chi connectivity index (χ0) is 34.7. The van der Waals surface area contributed by atoms with Crippen molar-refractivity contribution in [3.63, 3.8) is 0 Å². The number of aromatic nitrogens is 1. The van der Waals surface area contributed by atoms with Gasteiger partial charge in [-0.05, 0) is 81.1 Å². The number of aliphatic hydroxyl groups excluding tert-OH is 2. The summed E-state index contributed by atoms with van der Waals surface area (Å²) in [4.78, 5) is 16.2. The summed E-state index contributed by atoms with van der Waals surface area (Å²) >= 11 is 0. The van der Waals surface area contributed by atoms with Gasteiger partial charge in [-0.3, -0.25) is 9.78 Å². The number of hydrogen-bond donors (Lipinski definition) is 4. The molecule has 256 valence electrons. The summed E-state index contributed by atoms with van der Waals surface area (Å²) in [5, 5.41) is 33.1. The van der Waals surface area contributed by atoms with Crippen molar-refractivity contribution < 1.29 is 38.7 Å². The zero-order valence-electron chi connectivity index (χ0n) is 28.4. The molecule has 0 saturated carbocycles. The molecule has 0 spiro atoms. The summed E-state index contributed by atoms with van der Waals surface area (Å²) < 4.78 is 32.0. The third kappa shape index (κ3) is 10.9. The molecule has 3 aromatic rings. The molecular weight excluding hydrogens is 603 g/mol. The molecule has 0 aliphatic rings. The lowest BCUT2D eigenvalue weighted by molar-refractivity contribution is -0.139. The minimum atomic E-state index is -1.23. The van der Waals surface area contributed by atoms with Gasteiger partial charge in [0.05, 0.1) is 30.9 Å². The number of carboxylic acids is 1. The number of benzene rings is 2. The topological polar surface area (TPSA) is 130 Å². The molecule has 1 aromatic heterocycles. The van der Waals surface area contributed by atoms with Gasteiger partial charge in [-0.2, -0.15) is 0 Å². The summed E-state index contributed by atoms with van der Waals surface area (Å²) in [7, 11) is 3.53. The molecule has 10 heteroatoms. The zero-order valence-corrected chi connectivity index (χ0v) is 28.4. The molecule has 0 amide bonds. The normalized spacial score (nSPS) is 14.0. The smallest absolute Gasteiger partial charge is 0.305 e. The minimum Gasteiger partial charge on any atom is -0.481 e. The molecule has 2 aromatic carbocycles. The summed E-state index contributed by atoms with van der Waals surface area (Å²) in [6, 6.07) is 14.3. The van der Waals surface area contributed by atoms with Crippen LogP contribution < -0.4 is 10.1 Å². The van der Waals surface area contributed by atoms with Crippen molar-refractivity contribution in [3.05, 3.63) is 88.5 Å². The quantitative estimate of drug-likeness (QED) is 0.119. The van der Waals surface area contributed by atoms with E-state index in [1.807, 2.05) is 59.0 Å². The average Bonchev–Trinajstić information content (AvgIpc) is 3.00. The molecule has 47 heavy (non-hydrogen) atoms. The van der Waals surface area contributed by atoms with E-state index in [1.165, 1.54) is 23.8 Å². The summed E-state index contributed by atoms with van der Waals surface area (Å²) in [6.07, 6.45) is 1.03. The van der Waals surface area contributed by atoms with Crippen LogP contribution in [0.3, 0.4) is 0 Å². The van der Waals surface area contributed by atoms with Gasteiger partial charge < -0.3 is 34.8 Å². The van der Waals surface area contributed by atoms with Gasteiger partial charge in [0.25, 0.3) is 0 Å². The van der Waals surface area contributed by atoms with Crippen LogP contribution in [0.4, 0.5) is 4.39 Å². The molecule has 0 radical (unpaired) electrons. The Balaban J connectivity index is 2.07. The fraction of sp³-hybridized carbons (Fsp3) is 0.459. The molecule has 0 aliphatic carbocycles. The van der Waals surface area contributed by atoms with Crippen LogP contribution >= 0.6 is 0 Å². The number of rotatable bonds is 18. The number of halogens is 1. The molecular formula is C37H49FN2O7. The Hall–Kier alpha value is -3.67. The van der Waals surface area contributed by atoms with E-state index in [-0.39, 0.29) is 31.6 Å². The van der Waals surface area contributed by atoms with E-state index >= 15 is 0 Å². The maximum Gasteiger partial charge on any atom is 0.305 e. The van der Waals surface area contributed by atoms with Crippen molar-refractivity contribution in [1.82, 2.24) is 10.3 Å². The van der Waals surface area contributed by atoms with Crippen molar-refractivity contribution in [1.29, 1.82) is 0 Å². The molecule has 0 fully saturated rings. The second-order valence-corrected chi connectivity index (χ2v) is 12.6. The maximum absolute atomic E-state index is 14.1. The number of aliphatic carboxylic acids is 1. The summed E-state index contributed by atoms with van der Waals surface area (Å²) in [5.74, 6) is -0.898. The monoisotopic (exact) mass is 652 g/mol. The predicted molar refractivity (Wildman–Crippen MR) is 181 cm³/mol. The first-order valence-electron chi connectivity index (χ1n) is 15.9. The number of pyridine rings is 1. The fourth-order valence-corrected chi connectivity index (χ4v) is 5.33. The van der Waals surface area contributed by atoms with Crippen LogP contribution in [0, 0.1) is 5.82 Å². The van der Waals surface area contributed by atoms with Crippen LogP contribution in [0.5, 0.6) is 5.75 Å². The second-order valence-electron chi connectivity index (χ2n) is 12.6. The van der Waals surface area contributed by atoms with Gasteiger partial charge in [-0.1, -0.05) is 50.3 Å². The molecule has 4 N–H and O–H groups in total. The van der Waals surface area contributed by atoms with Crippen molar-refractivity contribution in [2.24, 2.45) is 0 Å². The maximum atomic E-state index is 14.1. The number of carbonyl (C=O) groups is 1. The van der Waals surface area contributed by atoms with E-state index in [1.54, 1.807) is 25.3 Å². The van der Waals surface area contributed by atoms with Gasteiger partial charge in [0.15, 0.2) is 6.79 Å². The van der Waals surface area contributed by atoms with Crippen molar-refractivity contribution in [3.8, 4) is 16.9 Å². The Morgan fingerprint density at radius 1 is 1.06 bits per heavy atom. The van der Waals surface area contributed by atoms with E-state index in [4.69, 9.17) is 24.3 Å². The van der Waals surface area contributed by atoms with E-state index in [2.05, 4.69) is 12.2 Å². The molecule has 1 unspecified atom stereocenters. The molecule has 0 bridgehead atoms. The van der Waals surface area contributed by atoms with Crippen LogP contribution in [0.2, 0.25) is 0 Å². The highest BCUT2D eigenvalue weighted by Crippen LogP contribution is 2.40. The number of ether oxygens (including phenoxy) is 3. The highest BCUT2D eigenvalue weighted by Gasteiger charge is 2.31. The summed E-state index contributed by atoms with van der Waals surface area (Å²) in [5.41, 5.74) is 4.35. The summed E-state index contributed by atoms with van der Waals surface area (Å²) in [6.45, 7) is 10.1. The fourth-order valence-electron chi connectivity index (χ4n) is 5.33. The number of methoxy groups -OCH3 is 1. The molecule has 1 heterocycles. The number of hydrogen-bond acceptors (Lipinski definition) is 8. The number of nitrogens with one attached hydrogen (secondary N) is 1. The predicted octanol–water partition coefficient (Wildman–Crippen LogP) is 6.20. The lowest BCUT2D eigenvalue weighted by Gasteiger charge is -2.30. The Bertz CT molecular complexity index is 1470. The van der Waals surface area contributed by atoms with Crippen LogP contribution in [0.25, 0.3) is 17.2 Å². The molecule has 3 atom stereocenters. The Labute approximate surface area is 277 Å². The lowest BCUT2D eigenvalue weighted by Crippen LogP contribution is -2.28. The highest BCUT2D eigenvalue weighted by atomic mass is 19.1. The van der Waals surface area contributed by atoms with E-state index in [0.29, 0.717) is 28.6 Å². The SMILES string of the molecule is CNC(C)Cc1ccc(OCOC(C)(C)c2nc(C(C)C)c(COC)c(-c3ccc(F)cc3)c2/C=C/[C@@H](O)C[C@@H](O)CC(=O)O)cc1. The van der Waals surface area contributed by atoms with Crippen molar-refractivity contribution in [2.45, 2.75) is 90.3 Å². The van der Waals surface area contributed by atoms with E-state index in [9.17, 15) is 19.4 Å². The average molecular weight is 653 g/mol. The molecule has 9 nitrogen and oxygen atoms in total. The number of nitrogens with zero attached hydrogens (tertiary/aromatic N) is 1. The number of likely N-dealkylation sites (N-methyl/N-ethyl adjacent to an activating group) is 1. The molecule has 3 rings (SSSR count). The molecule has 0 aliphatic heterocycles. The number of aliphatic hydroxyl groups is 2. The first-order chi connectivity index (χ1) is 22.2. The van der Waals surface area contributed by atoms with Gasteiger partial charge in [0.1, 0.15) is 17.2 Å². The molecule has 0 saturated heterocycles. The third-order valence-corrected chi connectivity index (χ3v) is 7.92. The van der Waals surface area contributed by atoms with Crippen molar-refractivity contribution in [2.75, 3.05) is 21.0 Å². The Morgan fingerprint density at radius 3 is 2.30 bits per heavy atom.